The minimum atomic E-state index is -0.678. The molecule has 2 aromatic carbocycles. The van der Waals surface area contributed by atoms with Crippen LogP contribution in [0.3, 0.4) is 0 Å². The van der Waals surface area contributed by atoms with Crippen molar-refractivity contribution in [3.8, 4) is 5.75 Å². The van der Waals surface area contributed by atoms with Crippen molar-refractivity contribution >= 4 is 34.2 Å². The lowest BCUT2D eigenvalue weighted by Gasteiger charge is -2.31. The van der Waals surface area contributed by atoms with Crippen LogP contribution in [0.25, 0.3) is 10.9 Å². The van der Waals surface area contributed by atoms with Crippen LogP contribution < -0.4 is 15.1 Å². The van der Waals surface area contributed by atoms with Crippen LogP contribution in [-0.2, 0) is 11.3 Å². The van der Waals surface area contributed by atoms with Gasteiger partial charge < -0.3 is 19.4 Å². The highest BCUT2D eigenvalue weighted by atomic mass is 35.5. The summed E-state index contributed by atoms with van der Waals surface area (Å²) in [5, 5.41) is 0.390. The molecule has 0 saturated heterocycles. The molecule has 2 heterocycles. The third-order valence-corrected chi connectivity index (χ3v) is 5.10. The van der Waals surface area contributed by atoms with Crippen LogP contribution in [0.4, 0.5) is 10.1 Å². The highest BCUT2D eigenvalue weighted by Gasteiger charge is 2.23. The van der Waals surface area contributed by atoms with Crippen LogP contribution >= 0.6 is 11.6 Å². The van der Waals surface area contributed by atoms with Gasteiger partial charge in [0.1, 0.15) is 23.7 Å². The van der Waals surface area contributed by atoms with Gasteiger partial charge in [-0.15, -0.1) is 0 Å². The van der Waals surface area contributed by atoms with E-state index in [1.54, 1.807) is 31.2 Å². The summed E-state index contributed by atoms with van der Waals surface area (Å²) in [4.78, 5) is 29.8. The van der Waals surface area contributed by atoms with Gasteiger partial charge >= 0.3 is 5.97 Å². The van der Waals surface area contributed by atoms with Gasteiger partial charge in [-0.3, -0.25) is 4.79 Å². The van der Waals surface area contributed by atoms with Gasteiger partial charge in [-0.1, -0.05) is 23.7 Å². The van der Waals surface area contributed by atoms with E-state index in [9.17, 15) is 14.0 Å². The number of hydrogen-bond acceptors (Lipinski definition) is 5. The van der Waals surface area contributed by atoms with Crippen LogP contribution in [0.1, 0.15) is 22.8 Å². The number of carbonyl (C=O) groups is 1. The molecule has 0 aliphatic carbocycles. The second kappa shape index (κ2) is 7.75. The number of nitrogens with one attached hydrogen (secondary N) is 1. The predicted octanol–water partition coefficient (Wildman–Crippen LogP) is 3.90. The quantitative estimate of drug-likeness (QED) is 0.653. The molecule has 3 aromatic rings. The maximum Gasteiger partial charge on any atom is 0.343 e. The lowest BCUT2D eigenvalue weighted by atomic mass is 10.1. The minimum Gasteiger partial charge on any atom is -0.489 e. The molecule has 0 amide bonds. The van der Waals surface area contributed by atoms with Crippen molar-refractivity contribution in [1.29, 1.82) is 0 Å². The van der Waals surface area contributed by atoms with Gasteiger partial charge in [-0.2, -0.15) is 0 Å². The number of H-pyrrole nitrogens is 1. The first-order chi connectivity index (χ1) is 14.0. The Morgan fingerprint density at radius 1 is 1.38 bits per heavy atom. The third kappa shape index (κ3) is 3.53. The summed E-state index contributed by atoms with van der Waals surface area (Å²) in [5.41, 5.74) is 1.13. The van der Waals surface area contributed by atoms with Gasteiger partial charge in [-0.25, -0.2) is 9.18 Å². The van der Waals surface area contributed by atoms with Gasteiger partial charge in [0.2, 0.25) is 5.43 Å². The fraction of sp³-hybridized carbons (Fsp3) is 0.238. The van der Waals surface area contributed by atoms with E-state index in [1.807, 2.05) is 4.90 Å². The van der Waals surface area contributed by atoms with Gasteiger partial charge in [0.25, 0.3) is 0 Å². The summed E-state index contributed by atoms with van der Waals surface area (Å²) in [6.45, 7) is 3.05. The molecule has 1 N–H and O–H groups in total. The van der Waals surface area contributed by atoms with Gasteiger partial charge in [0, 0.05) is 29.8 Å². The number of benzene rings is 2. The normalized spacial score (nSPS) is 13.1. The van der Waals surface area contributed by atoms with Crippen molar-refractivity contribution < 1.29 is 18.7 Å². The van der Waals surface area contributed by atoms with E-state index in [-0.39, 0.29) is 23.7 Å². The summed E-state index contributed by atoms with van der Waals surface area (Å²) in [7, 11) is 0. The van der Waals surface area contributed by atoms with E-state index >= 15 is 0 Å². The molecule has 150 valence electrons. The molecule has 0 fully saturated rings. The molecule has 0 spiro atoms. The Morgan fingerprint density at radius 3 is 3.00 bits per heavy atom. The van der Waals surface area contributed by atoms with Gasteiger partial charge in [0.05, 0.1) is 29.4 Å². The second-order valence-corrected chi connectivity index (χ2v) is 7.01. The molecule has 0 atom stereocenters. The van der Waals surface area contributed by atoms with Crippen molar-refractivity contribution in [2.45, 2.75) is 13.5 Å². The highest BCUT2D eigenvalue weighted by molar-refractivity contribution is 6.30. The fourth-order valence-electron chi connectivity index (χ4n) is 3.39. The summed E-state index contributed by atoms with van der Waals surface area (Å²) in [5.74, 6) is -0.571. The summed E-state index contributed by atoms with van der Waals surface area (Å²) in [6, 6.07) is 8.23. The van der Waals surface area contributed by atoms with E-state index in [0.29, 0.717) is 41.1 Å². The molecular formula is C21H18ClFN2O4. The molecule has 0 saturated carbocycles. The summed E-state index contributed by atoms with van der Waals surface area (Å²) < 4.78 is 25.0. The number of rotatable bonds is 4. The first kappa shape index (κ1) is 19.3. The number of halogens is 2. The number of aromatic nitrogens is 1. The van der Waals surface area contributed by atoms with E-state index in [1.165, 1.54) is 12.3 Å². The number of pyridine rings is 1. The van der Waals surface area contributed by atoms with Crippen molar-refractivity contribution in [3.05, 3.63) is 68.7 Å². The zero-order chi connectivity index (χ0) is 20.5. The Labute approximate surface area is 170 Å². The highest BCUT2D eigenvalue weighted by Crippen LogP contribution is 2.35. The Bertz CT molecular complexity index is 1160. The number of nitrogens with zero attached hydrogens (tertiary/aromatic N) is 1. The molecule has 29 heavy (non-hydrogen) atoms. The molecule has 0 radical (unpaired) electrons. The number of hydrogen-bond donors (Lipinski definition) is 1. The lowest BCUT2D eigenvalue weighted by Crippen LogP contribution is -2.32. The topological polar surface area (TPSA) is 71.6 Å². The Balaban J connectivity index is 1.78. The molecule has 4 rings (SSSR count). The largest absolute Gasteiger partial charge is 0.489 e. The SMILES string of the molecule is CCOC(=O)c1c[nH]c2cc3c(cc2c1=O)N(Cc1cccc(Cl)c1F)CCO3. The van der Waals surface area contributed by atoms with Crippen molar-refractivity contribution in [2.24, 2.45) is 0 Å². The van der Waals surface area contributed by atoms with Crippen LogP contribution in [0, 0.1) is 5.82 Å². The van der Waals surface area contributed by atoms with Crippen LogP contribution in [0.5, 0.6) is 5.75 Å². The molecule has 0 bridgehead atoms. The molecule has 1 aromatic heterocycles. The zero-order valence-electron chi connectivity index (χ0n) is 15.6. The number of anilines is 1. The Morgan fingerprint density at radius 2 is 2.21 bits per heavy atom. The van der Waals surface area contributed by atoms with E-state index in [2.05, 4.69) is 4.98 Å². The number of fused-ring (bicyclic) bond motifs is 2. The van der Waals surface area contributed by atoms with E-state index in [4.69, 9.17) is 21.1 Å². The Hall–Kier alpha value is -3.06. The maximum absolute atomic E-state index is 14.4. The molecule has 1 aliphatic heterocycles. The third-order valence-electron chi connectivity index (χ3n) is 4.81. The van der Waals surface area contributed by atoms with Crippen molar-refractivity contribution in [3.63, 3.8) is 0 Å². The van der Waals surface area contributed by atoms with Crippen molar-refractivity contribution in [1.82, 2.24) is 4.98 Å². The van der Waals surface area contributed by atoms with Crippen molar-refractivity contribution in [2.75, 3.05) is 24.7 Å². The first-order valence-corrected chi connectivity index (χ1v) is 9.54. The average molecular weight is 417 g/mol. The number of esters is 1. The molecule has 6 nitrogen and oxygen atoms in total. The fourth-order valence-corrected chi connectivity index (χ4v) is 3.58. The monoisotopic (exact) mass is 416 g/mol. The van der Waals surface area contributed by atoms with E-state index in [0.717, 1.165) is 0 Å². The molecular weight excluding hydrogens is 399 g/mol. The smallest absolute Gasteiger partial charge is 0.343 e. The molecule has 8 heteroatoms. The minimum absolute atomic E-state index is 0.0602. The van der Waals surface area contributed by atoms with Gasteiger partial charge in [0.15, 0.2) is 0 Å². The molecule has 0 unspecified atom stereocenters. The maximum atomic E-state index is 14.4. The standard InChI is InChI=1S/C21H18ClFN2O4/c1-2-28-21(27)14-10-24-16-9-18-17(8-13(16)20(14)26)25(6-7-29-18)11-12-4-3-5-15(22)19(12)23/h3-5,8-10H,2,6-7,11H2,1H3,(H,24,26). The number of carbonyl (C=O) groups excluding carboxylic acids is 1. The Kier molecular flexibility index (Phi) is 5.15. The summed E-state index contributed by atoms with van der Waals surface area (Å²) >= 11 is 5.90. The van der Waals surface area contributed by atoms with Gasteiger partial charge in [-0.05, 0) is 19.1 Å². The lowest BCUT2D eigenvalue weighted by molar-refractivity contribution is 0.0524. The first-order valence-electron chi connectivity index (χ1n) is 9.16. The summed E-state index contributed by atoms with van der Waals surface area (Å²) in [6.07, 6.45) is 1.34. The van der Waals surface area contributed by atoms with Crippen LogP contribution in [0.15, 0.2) is 41.3 Å². The second-order valence-electron chi connectivity index (χ2n) is 6.60. The van der Waals surface area contributed by atoms with E-state index < -0.39 is 17.2 Å². The zero-order valence-corrected chi connectivity index (χ0v) is 16.4. The number of ether oxygens (including phenoxy) is 2. The molecule has 1 aliphatic rings. The predicted molar refractivity (Wildman–Crippen MR) is 108 cm³/mol. The average Bonchev–Trinajstić information content (AvgIpc) is 2.71. The number of aromatic amines is 1. The van der Waals surface area contributed by atoms with Crippen LogP contribution in [0.2, 0.25) is 5.02 Å². The van der Waals surface area contributed by atoms with Crippen LogP contribution in [-0.4, -0.2) is 30.7 Å².